The van der Waals surface area contributed by atoms with Gasteiger partial charge in [0, 0.05) is 50.0 Å². The van der Waals surface area contributed by atoms with Gasteiger partial charge in [-0.3, -0.25) is 4.90 Å². The third-order valence-electron chi connectivity index (χ3n) is 7.27. The molecule has 0 aliphatic carbocycles. The SMILES string of the molecule is C[C@@H]1CN(c2cc(F)c(F)c(Cl)c2)C[C@H](C)N1C(=O)NCCC1CCN(Cc2ccccc2)CC1. The third kappa shape index (κ3) is 6.44. The van der Waals surface area contributed by atoms with Gasteiger partial charge in [-0.1, -0.05) is 41.9 Å². The Hall–Kier alpha value is -2.38. The van der Waals surface area contributed by atoms with Gasteiger partial charge in [0.2, 0.25) is 0 Å². The number of carbonyl (C=O) groups excluding carboxylic acids is 1. The molecule has 2 atom stereocenters. The summed E-state index contributed by atoms with van der Waals surface area (Å²) >= 11 is 5.84. The molecule has 2 aliphatic heterocycles. The molecule has 5 nitrogen and oxygen atoms in total. The minimum absolute atomic E-state index is 0.0607. The number of urea groups is 1. The number of piperidine rings is 1. The van der Waals surface area contributed by atoms with Gasteiger partial charge in [0.25, 0.3) is 0 Å². The lowest BCUT2D eigenvalue weighted by Crippen LogP contribution is -2.61. The molecule has 2 heterocycles. The van der Waals surface area contributed by atoms with E-state index in [-0.39, 0.29) is 23.1 Å². The van der Waals surface area contributed by atoms with E-state index in [9.17, 15) is 13.6 Å². The fraction of sp³-hybridized carbons (Fsp3) is 0.519. The zero-order chi connectivity index (χ0) is 24.9. The van der Waals surface area contributed by atoms with Gasteiger partial charge in [-0.25, -0.2) is 13.6 Å². The highest BCUT2D eigenvalue weighted by Crippen LogP contribution is 2.29. The number of halogens is 3. The van der Waals surface area contributed by atoms with Crippen molar-refractivity contribution in [3.05, 3.63) is 64.7 Å². The second-order valence-electron chi connectivity index (χ2n) is 9.96. The third-order valence-corrected chi connectivity index (χ3v) is 7.55. The number of hydrogen-bond acceptors (Lipinski definition) is 3. The van der Waals surface area contributed by atoms with E-state index < -0.39 is 11.6 Å². The van der Waals surface area contributed by atoms with Crippen molar-refractivity contribution in [1.29, 1.82) is 0 Å². The van der Waals surface area contributed by atoms with E-state index in [2.05, 4.69) is 34.5 Å². The Morgan fingerprint density at radius 1 is 1.06 bits per heavy atom. The maximum Gasteiger partial charge on any atom is 0.318 e. The predicted octanol–water partition coefficient (Wildman–Crippen LogP) is 5.53. The second kappa shape index (κ2) is 11.6. The van der Waals surface area contributed by atoms with Gasteiger partial charge in [-0.05, 0) is 63.7 Å². The van der Waals surface area contributed by atoms with Crippen LogP contribution >= 0.6 is 11.6 Å². The molecule has 4 rings (SSSR count). The highest BCUT2D eigenvalue weighted by molar-refractivity contribution is 6.31. The van der Waals surface area contributed by atoms with Gasteiger partial charge in [-0.15, -0.1) is 0 Å². The van der Waals surface area contributed by atoms with Crippen LogP contribution in [0.15, 0.2) is 42.5 Å². The number of carbonyl (C=O) groups is 1. The van der Waals surface area contributed by atoms with Crippen molar-refractivity contribution < 1.29 is 13.6 Å². The van der Waals surface area contributed by atoms with Crippen LogP contribution < -0.4 is 10.2 Å². The van der Waals surface area contributed by atoms with Gasteiger partial charge in [0.05, 0.1) is 5.02 Å². The summed E-state index contributed by atoms with van der Waals surface area (Å²) in [4.78, 5) is 19.3. The second-order valence-corrected chi connectivity index (χ2v) is 10.4. The summed E-state index contributed by atoms with van der Waals surface area (Å²) in [7, 11) is 0. The van der Waals surface area contributed by atoms with E-state index >= 15 is 0 Å². The summed E-state index contributed by atoms with van der Waals surface area (Å²) < 4.78 is 27.4. The maximum absolute atomic E-state index is 13.8. The Bertz CT molecular complexity index is 965. The molecular formula is C27H35ClF2N4O. The van der Waals surface area contributed by atoms with E-state index in [1.807, 2.05) is 29.7 Å². The van der Waals surface area contributed by atoms with Gasteiger partial charge < -0.3 is 15.1 Å². The molecule has 0 bridgehead atoms. The van der Waals surface area contributed by atoms with Crippen LogP contribution in [-0.2, 0) is 6.54 Å². The normalized spacial score (nSPS) is 21.9. The molecule has 0 radical (unpaired) electrons. The van der Waals surface area contributed by atoms with E-state index in [1.54, 1.807) is 0 Å². The van der Waals surface area contributed by atoms with Crippen LogP contribution in [0, 0.1) is 17.6 Å². The van der Waals surface area contributed by atoms with Crippen LogP contribution in [0.25, 0.3) is 0 Å². The number of amides is 2. The summed E-state index contributed by atoms with van der Waals surface area (Å²) in [5.41, 5.74) is 1.89. The molecule has 0 saturated carbocycles. The molecule has 1 N–H and O–H groups in total. The first-order valence-electron chi connectivity index (χ1n) is 12.5. The molecular weight excluding hydrogens is 470 g/mol. The molecule has 2 fully saturated rings. The first-order chi connectivity index (χ1) is 16.8. The Morgan fingerprint density at radius 2 is 1.71 bits per heavy atom. The van der Waals surface area contributed by atoms with Crippen molar-refractivity contribution in [1.82, 2.24) is 15.1 Å². The quantitative estimate of drug-likeness (QED) is 0.526. The van der Waals surface area contributed by atoms with Crippen molar-refractivity contribution in [2.75, 3.05) is 37.6 Å². The standard InChI is InChI=1S/C27H35ClF2N4O/c1-19-16-33(23-14-24(28)26(30)25(29)15-23)17-20(2)34(19)27(35)31-11-8-21-9-12-32(13-10-21)18-22-6-4-3-5-7-22/h3-7,14-15,19-21H,8-13,16-18H2,1-2H3,(H,31,35)/t19-,20+. The number of benzene rings is 2. The average molecular weight is 505 g/mol. The summed E-state index contributed by atoms with van der Waals surface area (Å²) in [5.74, 6) is -1.36. The Morgan fingerprint density at radius 3 is 2.34 bits per heavy atom. The van der Waals surface area contributed by atoms with Gasteiger partial charge >= 0.3 is 6.03 Å². The van der Waals surface area contributed by atoms with Crippen molar-refractivity contribution >= 4 is 23.3 Å². The molecule has 2 aromatic carbocycles. The van der Waals surface area contributed by atoms with Crippen LogP contribution in [-0.4, -0.2) is 60.6 Å². The smallest absolute Gasteiger partial charge is 0.318 e. The first kappa shape index (κ1) is 25.7. The molecule has 0 unspecified atom stereocenters. The van der Waals surface area contributed by atoms with Crippen LogP contribution in [0.4, 0.5) is 19.3 Å². The maximum atomic E-state index is 13.8. The van der Waals surface area contributed by atoms with Gasteiger partial charge in [-0.2, -0.15) is 0 Å². The zero-order valence-corrected chi connectivity index (χ0v) is 21.3. The zero-order valence-electron chi connectivity index (χ0n) is 20.5. The minimum atomic E-state index is -1.03. The van der Waals surface area contributed by atoms with Gasteiger partial charge in [0.1, 0.15) is 0 Å². The molecule has 2 amide bonds. The van der Waals surface area contributed by atoms with E-state index in [0.29, 0.717) is 31.2 Å². The number of nitrogens with one attached hydrogen (secondary N) is 1. The number of hydrogen-bond donors (Lipinski definition) is 1. The summed E-state index contributed by atoms with van der Waals surface area (Å²) in [6, 6.07) is 13.0. The Balaban J connectivity index is 1.21. The number of anilines is 1. The number of rotatable bonds is 6. The predicted molar refractivity (Wildman–Crippen MR) is 137 cm³/mol. The largest absolute Gasteiger partial charge is 0.367 e. The molecule has 0 spiro atoms. The lowest BCUT2D eigenvalue weighted by molar-refractivity contribution is 0.139. The Labute approximate surface area is 212 Å². The summed E-state index contributed by atoms with van der Waals surface area (Å²) in [6.45, 7) is 8.87. The number of likely N-dealkylation sites (tertiary alicyclic amines) is 1. The van der Waals surface area contributed by atoms with Crippen molar-refractivity contribution in [3.63, 3.8) is 0 Å². The monoisotopic (exact) mass is 504 g/mol. The van der Waals surface area contributed by atoms with Crippen LogP contribution in [0.5, 0.6) is 0 Å². The number of piperazine rings is 1. The molecule has 35 heavy (non-hydrogen) atoms. The summed E-state index contributed by atoms with van der Waals surface area (Å²) in [5, 5.41) is 2.89. The van der Waals surface area contributed by atoms with Crippen LogP contribution in [0.3, 0.4) is 0 Å². The lowest BCUT2D eigenvalue weighted by atomic mass is 9.93. The van der Waals surface area contributed by atoms with E-state index in [4.69, 9.17) is 11.6 Å². The molecule has 2 aliphatic rings. The van der Waals surface area contributed by atoms with E-state index in [1.165, 1.54) is 17.7 Å². The van der Waals surface area contributed by atoms with Crippen LogP contribution in [0.2, 0.25) is 5.02 Å². The fourth-order valence-corrected chi connectivity index (χ4v) is 5.61. The number of nitrogens with zero attached hydrogens (tertiary/aromatic N) is 3. The topological polar surface area (TPSA) is 38.8 Å². The van der Waals surface area contributed by atoms with Crippen molar-refractivity contribution in [2.45, 2.75) is 51.7 Å². The van der Waals surface area contributed by atoms with Crippen molar-refractivity contribution in [3.8, 4) is 0 Å². The highest BCUT2D eigenvalue weighted by Gasteiger charge is 2.33. The average Bonchev–Trinajstić information content (AvgIpc) is 2.83. The van der Waals surface area contributed by atoms with Crippen LogP contribution in [0.1, 0.15) is 38.7 Å². The molecule has 2 aromatic rings. The minimum Gasteiger partial charge on any atom is -0.367 e. The molecule has 0 aromatic heterocycles. The van der Waals surface area contributed by atoms with Gasteiger partial charge in [0.15, 0.2) is 11.6 Å². The molecule has 2 saturated heterocycles. The highest BCUT2D eigenvalue weighted by atomic mass is 35.5. The summed E-state index contributed by atoms with van der Waals surface area (Å²) in [6.07, 6.45) is 3.30. The van der Waals surface area contributed by atoms with E-state index in [0.717, 1.165) is 38.9 Å². The Kier molecular flexibility index (Phi) is 8.50. The first-order valence-corrected chi connectivity index (χ1v) is 12.9. The fourth-order valence-electron chi connectivity index (χ4n) is 5.41. The molecule has 8 heteroatoms. The lowest BCUT2D eigenvalue weighted by Gasteiger charge is -2.45. The molecule has 190 valence electrons. The van der Waals surface area contributed by atoms with Crippen molar-refractivity contribution in [2.24, 2.45) is 5.92 Å².